The molecule has 0 saturated carbocycles. The largest absolute Gasteiger partial charge is 0.426 e. The maximum Gasteiger partial charge on any atom is 0.318 e. The van der Waals surface area contributed by atoms with Crippen molar-refractivity contribution in [3.63, 3.8) is 0 Å². The van der Waals surface area contributed by atoms with Crippen LogP contribution in [0.25, 0.3) is 0 Å². The lowest BCUT2D eigenvalue weighted by Crippen LogP contribution is -2.19. The molecule has 0 heterocycles. The molecule has 102 valence electrons. The van der Waals surface area contributed by atoms with E-state index in [1.807, 2.05) is 19.1 Å². The fourth-order valence-corrected chi connectivity index (χ4v) is 1.87. The van der Waals surface area contributed by atoms with Gasteiger partial charge in [0.1, 0.15) is 23.2 Å². The molecule has 0 fully saturated rings. The Morgan fingerprint density at radius 3 is 2.85 bits per heavy atom. The van der Waals surface area contributed by atoms with Crippen molar-refractivity contribution in [2.75, 3.05) is 5.73 Å². The van der Waals surface area contributed by atoms with E-state index in [9.17, 15) is 9.18 Å². The highest BCUT2D eigenvalue weighted by molar-refractivity contribution is 5.78. The fraction of sp³-hybridized carbons (Fsp3) is 0.200. The quantitative estimate of drug-likeness (QED) is 0.510. The average Bonchev–Trinajstić information content (AvgIpc) is 2.39. The Balaban J connectivity index is 2.13. The number of rotatable bonds is 2. The molecule has 1 aromatic rings. The van der Waals surface area contributed by atoms with Crippen molar-refractivity contribution in [1.29, 1.82) is 5.26 Å². The molecule has 0 saturated heterocycles. The zero-order valence-corrected chi connectivity index (χ0v) is 10.9. The van der Waals surface area contributed by atoms with Gasteiger partial charge in [-0.1, -0.05) is 23.8 Å². The molecule has 1 atom stereocenters. The first-order chi connectivity index (χ1) is 9.51. The summed E-state index contributed by atoms with van der Waals surface area (Å²) >= 11 is 0. The van der Waals surface area contributed by atoms with Crippen LogP contribution in [0.15, 0.2) is 35.9 Å². The Bertz CT molecular complexity index is 633. The lowest BCUT2D eigenvalue weighted by Gasteiger charge is -2.14. The number of nitrogens with two attached hydrogens (primary N) is 1. The van der Waals surface area contributed by atoms with Crippen LogP contribution in [0.2, 0.25) is 0 Å². The molecule has 0 aliphatic heterocycles. The maximum atomic E-state index is 13.5. The van der Waals surface area contributed by atoms with E-state index >= 15 is 0 Å². The molecule has 1 aliphatic rings. The summed E-state index contributed by atoms with van der Waals surface area (Å²) in [5.74, 6) is -1.67. The highest BCUT2D eigenvalue weighted by Crippen LogP contribution is 2.25. The van der Waals surface area contributed by atoms with Crippen LogP contribution >= 0.6 is 0 Å². The first-order valence-electron chi connectivity index (χ1n) is 6.07. The number of nitriles is 1. The number of hydrogen-bond donors (Lipinski definition) is 1. The van der Waals surface area contributed by atoms with Gasteiger partial charge in [-0.25, -0.2) is 4.39 Å². The second kappa shape index (κ2) is 5.57. The van der Waals surface area contributed by atoms with Gasteiger partial charge in [0.15, 0.2) is 0 Å². The highest BCUT2D eigenvalue weighted by Gasteiger charge is 2.20. The summed E-state index contributed by atoms with van der Waals surface area (Å²) in [4.78, 5) is 11.9. The third kappa shape index (κ3) is 2.86. The van der Waals surface area contributed by atoms with Crippen LogP contribution in [-0.2, 0) is 4.79 Å². The number of carbonyl (C=O) groups is 1. The molecule has 0 amide bonds. The number of halogens is 1. The van der Waals surface area contributed by atoms with E-state index in [1.165, 1.54) is 6.07 Å². The van der Waals surface area contributed by atoms with E-state index in [2.05, 4.69) is 0 Å². The molecule has 0 aromatic heterocycles. The van der Waals surface area contributed by atoms with Crippen molar-refractivity contribution in [1.82, 2.24) is 0 Å². The van der Waals surface area contributed by atoms with E-state index in [0.717, 1.165) is 11.6 Å². The molecule has 4 nitrogen and oxygen atoms in total. The summed E-state index contributed by atoms with van der Waals surface area (Å²) in [7, 11) is 0. The normalized spacial score (nSPS) is 17.2. The minimum absolute atomic E-state index is 0.00340. The molecule has 1 aromatic carbocycles. The smallest absolute Gasteiger partial charge is 0.318 e. The summed E-state index contributed by atoms with van der Waals surface area (Å²) in [5.41, 5.74) is 6.31. The van der Waals surface area contributed by atoms with Crippen molar-refractivity contribution in [3.8, 4) is 11.8 Å². The molecule has 0 radical (unpaired) electrons. The third-order valence-corrected chi connectivity index (χ3v) is 3.01. The summed E-state index contributed by atoms with van der Waals surface area (Å²) in [5, 5.41) is 8.71. The number of nitrogen functional groups attached to an aromatic ring is 1. The molecule has 20 heavy (non-hydrogen) atoms. The second-order valence-electron chi connectivity index (χ2n) is 4.55. The summed E-state index contributed by atoms with van der Waals surface area (Å²) in [6.07, 6.45) is 6.07. The Kier molecular flexibility index (Phi) is 3.85. The second-order valence-corrected chi connectivity index (χ2v) is 4.55. The lowest BCUT2D eigenvalue weighted by atomic mass is 9.98. The van der Waals surface area contributed by atoms with E-state index in [4.69, 9.17) is 15.7 Å². The Hall–Kier alpha value is -2.61. The van der Waals surface area contributed by atoms with Crippen LogP contribution < -0.4 is 10.5 Å². The number of nitrogens with zero attached hydrogens (tertiary/aromatic N) is 1. The minimum Gasteiger partial charge on any atom is -0.426 e. The van der Waals surface area contributed by atoms with Gasteiger partial charge in [0, 0.05) is 12.1 Å². The summed E-state index contributed by atoms with van der Waals surface area (Å²) in [6, 6.07) is 3.91. The molecule has 0 spiro atoms. The zero-order valence-electron chi connectivity index (χ0n) is 10.9. The van der Waals surface area contributed by atoms with Crippen molar-refractivity contribution in [2.45, 2.75) is 13.3 Å². The summed E-state index contributed by atoms with van der Waals surface area (Å²) in [6.45, 7) is 1.94. The monoisotopic (exact) mass is 272 g/mol. The van der Waals surface area contributed by atoms with Crippen molar-refractivity contribution in [3.05, 3.63) is 47.3 Å². The molecule has 2 rings (SSSR count). The van der Waals surface area contributed by atoms with E-state index in [1.54, 1.807) is 12.1 Å². The molecule has 1 unspecified atom stereocenters. The highest BCUT2D eigenvalue weighted by atomic mass is 19.1. The predicted molar refractivity (Wildman–Crippen MR) is 72.2 cm³/mol. The zero-order chi connectivity index (χ0) is 14.7. The van der Waals surface area contributed by atoms with Crippen molar-refractivity contribution >= 4 is 11.7 Å². The van der Waals surface area contributed by atoms with Gasteiger partial charge in [-0.15, -0.1) is 0 Å². The first-order valence-corrected chi connectivity index (χ1v) is 6.07. The lowest BCUT2D eigenvalue weighted by molar-refractivity contribution is -0.137. The van der Waals surface area contributed by atoms with Crippen LogP contribution in [-0.4, -0.2) is 5.97 Å². The van der Waals surface area contributed by atoms with Gasteiger partial charge in [-0.05, 0) is 13.3 Å². The van der Waals surface area contributed by atoms with Crippen molar-refractivity contribution in [2.24, 2.45) is 5.92 Å². The van der Waals surface area contributed by atoms with Gasteiger partial charge < -0.3 is 10.5 Å². The summed E-state index contributed by atoms with van der Waals surface area (Å²) < 4.78 is 18.6. The number of ether oxygens (including phenoxy) is 1. The number of anilines is 1. The Morgan fingerprint density at radius 2 is 2.30 bits per heavy atom. The number of esters is 1. The predicted octanol–water partition coefficient (Wildman–Crippen LogP) is 2.71. The van der Waals surface area contributed by atoms with Gasteiger partial charge in [0.2, 0.25) is 0 Å². The van der Waals surface area contributed by atoms with Gasteiger partial charge in [-0.3, -0.25) is 4.79 Å². The first kappa shape index (κ1) is 13.8. The number of carbonyl (C=O) groups excluding carboxylic acids is 1. The molecule has 2 N–H and O–H groups in total. The third-order valence-electron chi connectivity index (χ3n) is 3.01. The van der Waals surface area contributed by atoms with Gasteiger partial charge in [0.25, 0.3) is 0 Å². The average molecular weight is 272 g/mol. The van der Waals surface area contributed by atoms with Crippen LogP contribution in [0.3, 0.4) is 0 Å². The number of allylic oxidation sites excluding steroid dienone is 3. The Labute approximate surface area is 116 Å². The van der Waals surface area contributed by atoms with E-state index < -0.39 is 17.7 Å². The fourth-order valence-electron chi connectivity index (χ4n) is 1.87. The molecule has 1 aliphatic carbocycles. The molecule has 5 heteroatoms. The Morgan fingerprint density at radius 1 is 1.55 bits per heavy atom. The van der Waals surface area contributed by atoms with Gasteiger partial charge in [0.05, 0.1) is 11.6 Å². The van der Waals surface area contributed by atoms with Crippen molar-refractivity contribution < 1.29 is 13.9 Å². The minimum atomic E-state index is -0.801. The standard InChI is InChI=1S/C15H13FN2O2/c1-9-2-4-10(5-3-9)15(19)20-11-6-13(16)12(8-17)14(18)7-11/h2-4,6-7,10H,5,18H2,1H3. The number of benzene rings is 1. The van der Waals surface area contributed by atoms with E-state index in [-0.39, 0.29) is 17.0 Å². The van der Waals surface area contributed by atoms with Crippen LogP contribution in [0.1, 0.15) is 18.9 Å². The SMILES string of the molecule is CC1=CCC(C(=O)Oc2cc(N)c(C#N)c(F)c2)C=C1. The van der Waals surface area contributed by atoms with E-state index in [0.29, 0.717) is 6.42 Å². The van der Waals surface area contributed by atoms with Crippen LogP contribution in [0.4, 0.5) is 10.1 Å². The molecule has 0 bridgehead atoms. The van der Waals surface area contributed by atoms with Gasteiger partial charge in [-0.2, -0.15) is 5.26 Å². The maximum absolute atomic E-state index is 13.5. The number of hydrogen-bond acceptors (Lipinski definition) is 4. The molecular weight excluding hydrogens is 259 g/mol. The van der Waals surface area contributed by atoms with Crippen LogP contribution in [0.5, 0.6) is 5.75 Å². The van der Waals surface area contributed by atoms with Gasteiger partial charge >= 0.3 is 5.97 Å². The molecular formula is C15H13FN2O2. The van der Waals surface area contributed by atoms with Crippen LogP contribution in [0, 0.1) is 23.1 Å². The topological polar surface area (TPSA) is 76.1 Å².